The van der Waals surface area contributed by atoms with Crippen molar-refractivity contribution in [2.75, 3.05) is 0 Å². The van der Waals surface area contributed by atoms with Gasteiger partial charge in [0.05, 0.1) is 0 Å². The minimum Gasteiger partial charge on any atom is -0.0654 e. The maximum Gasteiger partial charge on any atom is -0.00264 e. The molecule has 0 aromatic heterocycles. The maximum absolute atomic E-state index is 2.32. The van der Waals surface area contributed by atoms with Crippen LogP contribution in [0, 0.1) is 0 Å². The largest absolute Gasteiger partial charge is 0.0654 e. The van der Waals surface area contributed by atoms with Gasteiger partial charge < -0.3 is 0 Å². The Balaban J connectivity index is 1.74. The Labute approximate surface area is 204 Å². The zero-order valence-corrected chi connectivity index (χ0v) is 20.6. The Bertz CT molecular complexity index is 1350. The third-order valence-corrected chi connectivity index (χ3v) is 7.37. The van der Waals surface area contributed by atoms with Crippen molar-refractivity contribution < 1.29 is 0 Å². The SMILES string of the molecule is CCCCc1ccc(-c2c3ccccc3c(-c3ccc(C(C)CC)cc3)c3ccccc23)cc1. The number of rotatable bonds is 7. The first kappa shape index (κ1) is 22.4. The summed E-state index contributed by atoms with van der Waals surface area (Å²) in [6.07, 6.45) is 4.80. The third kappa shape index (κ3) is 4.14. The minimum absolute atomic E-state index is 0.588. The standard InChI is InChI=1S/C34H34/c1-4-6-11-25-16-18-27(19-17-25)33-29-12-7-9-14-31(29)34(32-15-10-8-13-30(32)33)28-22-20-26(21-23-28)24(3)5-2/h7-10,12-24H,4-6,11H2,1-3H3. The molecule has 1 atom stereocenters. The molecule has 170 valence electrons. The number of aryl methyl sites for hydroxylation is 1. The minimum atomic E-state index is 0.588. The van der Waals surface area contributed by atoms with E-state index in [1.54, 1.807) is 0 Å². The van der Waals surface area contributed by atoms with Gasteiger partial charge >= 0.3 is 0 Å². The number of benzene rings is 5. The van der Waals surface area contributed by atoms with Crippen LogP contribution in [0.3, 0.4) is 0 Å². The van der Waals surface area contributed by atoms with E-state index in [1.165, 1.54) is 67.8 Å². The predicted molar refractivity (Wildman–Crippen MR) is 150 cm³/mol. The maximum atomic E-state index is 2.32. The Hall–Kier alpha value is -3.38. The molecule has 0 spiro atoms. The Morgan fingerprint density at radius 1 is 0.559 bits per heavy atom. The van der Waals surface area contributed by atoms with E-state index in [9.17, 15) is 0 Å². The third-order valence-electron chi connectivity index (χ3n) is 7.37. The first-order valence-corrected chi connectivity index (χ1v) is 12.8. The van der Waals surface area contributed by atoms with E-state index in [-0.39, 0.29) is 0 Å². The molecule has 1 unspecified atom stereocenters. The average Bonchev–Trinajstić information content (AvgIpc) is 2.90. The van der Waals surface area contributed by atoms with Gasteiger partial charge in [-0.15, -0.1) is 0 Å². The van der Waals surface area contributed by atoms with E-state index in [0.717, 1.165) is 12.8 Å². The van der Waals surface area contributed by atoms with Gasteiger partial charge in [-0.25, -0.2) is 0 Å². The summed E-state index contributed by atoms with van der Waals surface area (Å²) in [5, 5.41) is 5.29. The van der Waals surface area contributed by atoms with Crippen LogP contribution in [0.4, 0.5) is 0 Å². The van der Waals surface area contributed by atoms with Gasteiger partial charge in [0.15, 0.2) is 0 Å². The number of fused-ring (bicyclic) bond motifs is 2. The fourth-order valence-electron chi connectivity index (χ4n) is 5.18. The second kappa shape index (κ2) is 9.85. The molecule has 0 aliphatic rings. The molecule has 0 heteroatoms. The topological polar surface area (TPSA) is 0 Å². The van der Waals surface area contributed by atoms with Crippen LogP contribution in [0.25, 0.3) is 43.8 Å². The van der Waals surface area contributed by atoms with Crippen LogP contribution in [0.1, 0.15) is 57.1 Å². The molecule has 0 heterocycles. The Morgan fingerprint density at radius 2 is 1.00 bits per heavy atom. The molecule has 0 amide bonds. The van der Waals surface area contributed by atoms with E-state index in [0.29, 0.717) is 5.92 Å². The molecule has 0 nitrogen and oxygen atoms in total. The van der Waals surface area contributed by atoms with Gasteiger partial charge in [0.2, 0.25) is 0 Å². The van der Waals surface area contributed by atoms with Crippen LogP contribution in [-0.2, 0) is 6.42 Å². The lowest BCUT2D eigenvalue weighted by Gasteiger charge is -2.18. The van der Waals surface area contributed by atoms with Crippen molar-refractivity contribution >= 4 is 21.5 Å². The molecule has 0 fully saturated rings. The summed E-state index contributed by atoms with van der Waals surface area (Å²) in [5.74, 6) is 0.588. The monoisotopic (exact) mass is 442 g/mol. The summed E-state index contributed by atoms with van der Waals surface area (Å²) in [5.41, 5.74) is 8.11. The van der Waals surface area contributed by atoms with E-state index < -0.39 is 0 Å². The van der Waals surface area contributed by atoms with Crippen molar-refractivity contribution in [2.45, 2.75) is 52.4 Å². The molecule has 0 aliphatic carbocycles. The molecule has 5 rings (SSSR count). The van der Waals surface area contributed by atoms with Gasteiger partial charge in [-0.05, 0) is 80.1 Å². The summed E-state index contributed by atoms with van der Waals surface area (Å²) in [4.78, 5) is 0. The van der Waals surface area contributed by atoms with Gasteiger partial charge in [0, 0.05) is 0 Å². The second-order valence-electron chi connectivity index (χ2n) is 9.57. The van der Waals surface area contributed by atoms with Gasteiger partial charge in [-0.3, -0.25) is 0 Å². The molecule has 0 radical (unpaired) electrons. The Kier molecular flexibility index (Phi) is 6.50. The van der Waals surface area contributed by atoms with E-state index in [2.05, 4.69) is 118 Å². The fourth-order valence-corrected chi connectivity index (χ4v) is 5.18. The quantitative estimate of drug-likeness (QED) is 0.220. The first-order valence-electron chi connectivity index (χ1n) is 12.8. The molecule has 0 aliphatic heterocycles. The molecular formula is C34H34. The number of hydrogen-bond donors (Lipinski definition) is 0. The molecule has 0 saturated heterocycles. The lowest BCUT2D eigenvalue weighted by Crippen LogP contribution is -1.93. The summed E-state index contributed by atoms with van der Waals surface area (Å²) < 4.78 is 0. The van der Waals surface area contributed by atoms with Crippen molar-refractivity contribution in [3.05, 3.63) is 108 Å². The fraction of sp³-hybridized carbons (Fsp3) is 0.235. The lowest BCUT2D eigenvalue weighted by molar-refractivity contribution is 0.734. The van der Waals surface area contributed by atoms with Crippen molar-refractivity contribution in [1.29, 1.82) is 0 Å². The van der Waals surface area contributed by atoms with E-state index in [1.807, 2.05) is 0 Å². The molecule has 5 aromatic carbocycles. The molecular weight excluding hydrogens is 408 g/mol. The lowest BCUT2D eigenvalue weighted by atomic mass is 9.85. The number of unbranched alkanes of at least 4 members (excludes halogenated alkanes) is 1. The normalized spacial score (nSPS) is 12.3. The molecule has 0 bridgehead atoms. The summed E-state index contributed by atoms with van der Waals surface area (Å²) >= 11 is 0. The highest BCUT2D eigenvalue weighted by molar-refractivity contribution is 6.21. The molecule has 0 saturated carbocycles. The van der Waals surface area contributed by atoms with Crippen LogP contribution in [0.5, 0.6) is 0 Å². The van der Waals surface area contributed by atoms with E-state index in [4.69, 9.17) is 0 Å². The van der Waals surface area contributed by atoms with Crippen LogP contribution in [0.15, 0.2) is 97.1 Å². The van der Waals surface area contributed by atoms with Crippen molar-refractivity contribution in [2.24, 2.45) is 0 Å². The van der Waals surface area contributed by atoms with Crippen LogP contribution < -0.4 is 0 Å². The van der Waals surface area contributed by atoms with Gasteiger partial charge in [0.1, 0.15) is 0 Å². The van der Waals surface area contributed by atoms with E-state index >= 15 is 0 Å². The van der Waals surface area contributed by atoms with Crippen molar-refractivity contribution in [3.63, 3.8) is 0 Å². The van der Waals surface area contributed by atoms with Gasteiger partial charge in [-0.2, -0.15) is 0 Å². The molecule has 0 N–H and O–H groups in total. The van der Waals surface area contributed by atoms with Gasteiger partial charge in [0.25, 0.3) is 0 Å². The highest BCUT2D eigenvalue weighted by atomic mass is 14.2. The molecule has 5 aromatic rings. The Morgan fingerprint density at radius 3 is 1.41 bits per heavy atom. The zero-order chi connectivity index (χ0) is 23.5. The smallest absolute Gasteiger partial charge is 0.00264 e. The van der Waals surface area contributed by atoms with Crippen LogP contribution >= 0.6 is 0 Å². The first-order chi connectivity index (χ1) is 16.7. The average molecular weight is 443 g/mol. The van der Waals surface area contributed by atoms with Gasteiger partial charge in [-0.1, -0.05) is 124 Å². The van der Waals surface area contributed by atoms with Crippen molar-refractivity contribution in [3.8, 4) is 22.3 Å². The zero-order valence-electron chi connectivity index (χ0n) is 20.6. The highest BCUT2D eigenvalue weighted by Gasteiger charge is 2.16. The number of hydrogen-bond acceptors (Lipinski definition) is 0. The summed E-state index contributed by atoms with van der Waals surface area (Å²) in [6.45, 7) is 6.82. The van der Waals surface area contributed by atoms with Crippen LogP contribution in [0.2, 0.25) is 0 Å². The summed E-state index contributed by atoms with van der Waals surface area (Å²) in [7, 11) is 0. The van der Waals surface area contributed by atoms with Crippen molar-refractivity contribution in [1.82, 2.24) is 0 Å². The van der Waals surface area contributed by atoms with Crippen LogP contribution in [-0.4, -0.2) is 0 Å². The molecule has 34 heavy (non-hydrogen) atoms. The highest BCUT2D eigenvalue weighted by Crippen LogP contribution is 2.43. The predicted octanol–water partition coefficient (Wildman–Crippen LogP) is 10.2. The second-order valence-corrected chi connectivity index (χ2v) is 9.57. The summed E-state index contributed by atoms with van der Waals surface area (Å²) in [6, 6.07) is 36.4.